The van der Waals surface area contributed by atoms with E-state index in [0.717, 1.165) is 18.6 Å². The molecule has 106 valence electrons. The number of hydrogen-bond acceptors (Lipinski definition) is 2. The van der Waals surface area contributed by atoms with Crippen LogP contribution in [0.15, 0.2) is 30.3 Å². The van der Waals surface area contributed by atoms with E-state index in [1.807, 2.05) is 0 Å². The first-order chi connectivity index (χ1) is 9.29. The van der Waals surface area contributed by atoms with Crippen LogP contribution in [0.1, 0.15) is 44.6 Å². The molecule has 1 aromatic carbocycles. The van der Waals surface area contributed by atoms with E-state index in [4.69, 9.17) is 0 Å². The smallest absolute Gasteiger partial charge is 0.0233 e. The highest BCUT2D eigenvalue weighted by atomic mass is 15.1. The molecule has 1 aromatic rings. The van der Waals surface area contributed by atoms with Gasteiger partial charge in [0.1, 0.15) is 0 Å². The molecule has 0 bridgehead atoms. The average molecular weight is 260 g/mol. The number of nitrogens with zero attached hydrogens (tertiary/aromatic N) is 1. The predicted octanol–water partition coefficient (Wildman–Crippen LogP) is 3.43. The van der Waals surface area contributed by atoms with Crippen molar-refractivity contribution < 1.29 is 0 Å². The molecule has 2 nitrogen and oxygen atoms in total. The predicted molar refractivity (Wildman–Crippen MR) is 82.2 cm³/mol. The summed E-state index contributed by atoms with van der Waals surface area (Å²) in [4.78, 5) is 2.53. The SMILES string of the molecule is CCCNC1CCC(N(C)Cc2ccccc2)CC1. The summed E-state index contributed by atoms with van der Waals surface area (Å²) in [6.07, 6.45) is 6.59. The van der Waals surface area contributed by atoms with E-state index in [1.165, 1.54) is 44.2 Å². The fourth-order valence-corrected chi connectivity index (χ4v) is 3.07. The van der Waals surface area contributed by atoms with E-state index in [2.05, 4.69) is 54.5 Å². The van der Waals surface area contributed by atoms with Crippen LogP contribution in [0.3, 0.4) is 0 Å². The van der Waals surface area contributed by atoms with Crippen LogP contribution in [0.4, 0.5) is 0 Å². The van der Waals surface area contributed by atoms with Crippen LogP contribution in [0.2, 0.25) is 0 Å². The molecule has 0 heterocycles. The minimum absolute atomic E-state index is 0.764. The highest BCUT2D eigenvalue weighted by molar-refractivity contribution is 5.14. The number of hydrogen-bond donors (Lipinski definition) is 1. The molecule has 1 saturated carbocycles. The van der Waals surface area contributed by atoms with Crippen LogP contribution in [0.5, 0.6) is 0 Å². The Bertz CT molecular complexity index is 342. The maximum absolute atomic E-state index is 3.66. The Balaban J connectivity index is 1.74. The van der Waals surface area contributed by atoms with E-state index in [0.29, 0.717) is 0 Å². The second kappa shape index (κ2) is 7.66. The Kier molecular flexibility index (Phi) is 5.87. The summed E-state index contributed by atoms with van der Waals surface area (Å²) in [7, 11) is 2.28. The lowest BCUT2D eigenvalue weighted by atomic mass is 9.90. The fraction of sp³-hybridized carbons (Fsp3) is 0.647. The van der Waals surface area contributed by atoms with Crippen LogP contribution in [0.25, 0.3) is 0 Å². The van der Waals surface area contributed by atoms with Gasteiger partial charge in [-0.3, -0.25) is 4.90 Å². The van der Waals surface area contributed by atoms with Crippen LogP contribution in [-0.2, 0) is 6.54 Å². The first-order valence-corrected chi connectivity index (χ1v) is 7.77. The van der Waals surface area contributed by atoms with Crippen molar-refractivity contribution in [2.24, 2.45) is 0 Å². The topological polar surface area (TPSA) is 15.3 Å². The Hall–Kier alpha value is -0.860. The van der Waals surface area contributed by atoms with Crippen LogP contribution < -0.4 is 5.32 Å². The number of benzene rings is 1. The van der Waals surface area contributed by atoms with E-state index in [9.17, 15) is 0 Å². The molecule has 0 saturated heterocycles. The summed E-state index contributed by atoms with van der Waals surface area (Å²) < 4.78 is 0. The molecule has 0 spiro atoms. The van der Waals surface area contributed by atoms with Crippen molar-refractivity contribution in [2.75, 3.05) is 13.6 Å². The van der Waals surface area contributed by atoms with Crippen LogP contribution in [-0.4, -0.2) is 30.6 Å². The molecule has 0 amide bonds. The van der Waals surface area contributed by atoms with Gasteiger partial charge < -0.3 is 5.32 Å². The molecule has 0 unspecified atom stereocenters. The molecule has 1 aliphatic rings. The molecule has 0 aliphatic heterocycles. The van der Waals surface area contributed by atoms with Crippen LogP contribution in [0, 0.1) is 0 Å². The second-order valence-electron chi connectivity index (χ2n) is 5.86. The van der Waals surface area contributed by atoms with Gasteiger partial charge in [0.2, 0.25) is 0 Å². The van der Waals surface area contributed by atoms with E-state index >= 15 is 0 Å². The fourth-order valence-electron chi connectivity index (χ4n) is 3.07. The first kappa shape index (κ1) is 14.5. The van der Waals surface area contributed by atoms with E-state index < -0.39 is 0 Å². The standard InChI is InChI=1S/C17H28N2/c1-3-13-18-16-9-11-17(12-10-16)19(2)14-15-7-5-4-6-8-15/h4-8,16-18H,3,9-14H2,1-2H3. The zero-order valence-electron chi connectivity index (χ0n) is 12.4. The van der Waals surface area contributed by atoms with Gasteiger partial charge in [0, 0.05) is 18.6 Å². The molecular formula is C17H28N2. The summed E-state index contributed by atoms with van der Waals surface area (Å²) in [5.74, 6) is 0. The maximum atomic E-state index is 3.66. The van der Waals surface area contributed by atoms with Crippen molar-refractivity contribution in [2.45, 2.75) is 57.7 Å². The molecule has 19 heavy (non-hydrogen) atoms. The van der Waals surface area contributed by atoms with E-state index in [-0.39, 0.29) is 0 Å². The average Bonchev–Trinajstić information content (AvgIpc) is 2.46. The summed E-state index contributed by atoms with van der Waals surface area (Å²) in [5, 5.41) is 3.66. The van der Waals surface area contributed by atoms with Gasteiger partial charge in [-0.1, -0.05) is 37.3 Å². The molecule has 1 aliphatic carbocycles. The van der Waals surface area contributed by atoms with Gasteiger partial charge in [-0.15, -0.1) is 0 Å². The van der Waals surface area contributed by atoms with Gasteiger partial charge in [0.15, 0.2) is 0 Å². The number of nitrogens with one attached hydrogen (secondary N) is 1. The summed E-state index contributed by atoms with van der Waals surface area (Å²) in [6, 6.07) is 12.3. The van der Waals surface area contributed by atoms with Gasteiger partial charge in [-0.05, 0) is 51.3 Å². The molecule has 2 rings (SSSR count). The zero-order valence-corrected chi connectivity index (χ0v) is 12.4. The number of rotatable bonds is 6. The molecule has 1 fully saturated rings. The van der Waals surface area contributed by atoms with Gasteiger partial charge in [-0.2, -0.15) is 0 Å². The molecule has 0 atom stereocenters. The highest BCUT2D eigenvalue weighted by Gasteiger charge is 2.23. The summed E-state index contributed by atoms with van der Waals surface area (Å²) in [5.41, 5.74) is 1.43. The van der Waals surface area contributed by atoms with Crippen molar-refractivity contribution in [3.63, 3.8) is 0 Å². The lowest BCUT2D eigenvalue weighted by Gasteiger charge is -2.35. The first-order valence-electron chi connectivity index (χ1n) is 7.77. The van der Waals surface area contributed by atoms with Gasteiger partial charge in [0.05, 0.1) is 0 Å². The third-order valence-corrected chi connectivity index (χ3v) is 4.28. The van der Waals surface area contributed by atoms with Crippen molar-refractivity contribution in [1.29, 1.82) is 0 Å². The van der Waals surface area contributed by atoms with Crippen molar-refractivity contribution in [1.82, 2.24) is 10.2 Å². The maximum Gasteiger partial charge on any atom is 0.0233 e. The van der Waals surface area contributed by atoms with Crippen molar-refractivity contribution in [3.05, 3.63) is 35.9 Å². The van der Waals surface area contributed by atoms with Crippen molar-refractivity contribution >= 4 is 0 Å². The quantitative estimate of drug-likeness (QED) is 0.843. The Labute approximate surface area is 118 Å². The van der Waals surface area contributed by atoms with Crippen molar-refractivity contribution in [3.8, 4) is 0 Å². The van der Waals surface area contributed by atoms with Crippen LogP contribution >= 0.6 is 0 Å². The summed E-state index contributed by atoms with van der Waals surface area (Å²) >= 11 is 0. The summed E-state index contributed by atoms with van der Waals surface area (Å²) in [6.45, 7) is 4.50. The molecule has 1 N–H and O–H groups in total. The lowest BCUT2D eigenvalue weighted by Crippen LogP contribution is -2.40. The normalized spacial score (nSPS) is 23.7. The second-order valence-corrected chi connectivity index (χ2v) is 5.86. The largest absolute Gasteiger partial charge is 0.314 e. The molecule has 2 heteroatoms. The third-order valence-electron chi connectivity index (χ3n) is 4.28. The van der Waals surface area contributed by atoms with E-state index in [1.54, 1.807) is 0 Å². The van der Waals surface area contributed by atoms with Gasteiger partial charge >= 0.3 is 0 Å². The van der Waals surface area contributed by atoms with Gasteiger partial charge in [0.25, 0.3) is 0 Å². The molecule has 0 aromatic heterocycles. The minimum Gasteiger partial charge on any atom is -0.314 e. The monoisotopic (exact) mass is 260 g/mol. The third kappa shape index (κ3) is 4.63. The Morgan fingerprint density at radius 1 is 1.11 bits per heavy atom. The Morgan fingerprint density at radius 2 is 1.79 bits per heavy atom. The molecule has 0 radical (unpaired) electrons. The minimum atomic E-state index is 0.764. The molecular weight excluding hydrogens is 232 g/mol. The highest BCUT2D eigenvalue weighted by Crippen LogP contribution is 2.23. The Morgan fingerprint density at radius 3 is 2.42 bits per heavy atom. The lowest BCUT2D eigenvalue weighted by molar-refractivity contribution is 0.168. The van der Waals surface area contributed by atoms with Gasteiger partial charge in [-0.25, -0.2) is 0 Å². The zero-order chi connectivity index (χ0) is 13.5.